The minimum absolute atomic E-state index is 0.171. The van der Waals surface area contributed by atoms with Crippen molar-refractivity contribution in [2.75, 3.05) is 33.9 Å². The Morgan fingerprint density at radius 1 is 1.30 bits per heavy atom. The number of hydrogen-bond acceptors (Lipinski definition) is 4. The highest BCUT2D eigenvalue weighted by Gasteiger charge is 2.16. The second-order valence-corrected chi connectivity index (χ2v) is 6.14. The summed E-state index contributed by atoms with van der Waals surface area (Å²) in [7, 11) is 3.42. The minimum atomic E-state index is -0.171. The van der Waals surface area contributed by atoms with Gasteiger partial charge in [0.15, 0.2) is 11.5 Å². The van der Waals surface area contributed by atoms with Gasteiger partial charge in [-0.3, -0.25) is 4.79 Å². The van der Waals surface area contributed by atoms with E-state index in [2.05, 4.69) is 24.5 Å². The van der Waals surface area contributed by atoms with Gasteiger partial charge < -0.3 is 20.1 Å². The van der Waals surface area contributed by atoms with Gasteiger partial charge in [-0.15, -0.1) is 0 Å². The van der Waals surface area contributed by atoms with Crippen molar-refractivity contribution in [2.24, 2.45) is 5.92 Å². The van der Waals surface area contributed by atoms with Crippen LogP contribution in [0.1, 0.15) is 37.0 Å². The van der Waals surface area contributed by atoms with Crippen LogP contribution in [0.2, 0.25) is 5.02 Å². The third-order valence-electron chi connectivity index (χ3n) is 3.32. The molecule has 1 aromatic rings. The first kappa shape index (κ1) is 19.6. The van der Waals surface area contributed by atoms with Crippen molar-refractivity contribution in [1.29, 1.82) is 0 Å². The lowest BCUT2D eigenvalue weighted by Gasteiger charge is -2.15. The summed E-state index contributed by atoms with van der Waals surface area (Å²) in [6.07, 6.45) is 1.79. The summed E-state index contributed by atoms with van der Waals surface area (Å²) in [5.74, 6) is 1.33. The second-order valence-electron chi connectivity index (χ2n) is 5.73. The summed E-state index contributed by atoms with van der Waals surface area (Å²) in [6, 6.07) is 3.27. The summed E-state index contributed by atoms with van der Waals surface area (Å²) >= 11 is 6.26. The third-order valence-corrected chi connectivity index (χ3v) is 3.60. The minimum Gasteiger partial charge on any atom is -0.493 e. The molecule has 0 radical (unpaired) electrons. The van der Waals surface area contributed by atoms with Crippen LogP contribution < -0.4 is 20.1 Å². The molecule has 1 amide bonds. The Morgan fingerprint density at radius 2 is 2.04 bits per heavy atom. The highest BCUT2D eigenvalue weighted by Crippen LogP contribution is 2.36. The summed E-state index contributed by atoms with van der Waals surface area (Å²) in [5, 5.41) is 6.27. The van der Waals surface area contributed by atoms with Crippen LogP contribution in [0.4, 0.5) is 0 Å². The normalized spacial score (nSPS) is 10.7. The Balaban J connectivity index is 2.76. The molecule has 1 rings (SSSR count). The molecule has 1 aromatic carbocycles. The van der Waals surface area contributed by atoms with Crippen LogP contribution in [0.3, 0.4) is 0 Å². The number of benzene rings is 1. The number of carbonyl (C=O) groups is 1. The average molecular weight is 343 g/mol. The molecule has 0 atom stereocenters. The zero-order chi connectivity index (χ0) is 17.2. The molecule has 5 nitrogen and oxygen atoms in total. The number of amides is 1. The van der Waals surface area contributed by atoms with E-state index in [1.807, 2.05) is 7.05 Å². The smallest absolute Gasteiger partial charge is 0.251 e. The van der Waals surface area contributed by atoms with Crippen LogP contribution in [0.25, 0.3) is 0 Å². The van der Waals surface area contributed by atoms with E-state index in [1.54, 1.807) is 12.1 Å². The fourth-order valence-electron chi connectivity index (χ4n) is 1.96. The van der Waals surface area contributed by atoms with E-state index in [-0.39, 0.29) is 5.91 Å². The van der Waals surface area contributed by atoms with Gasteiger partial charge in [-0.25, -0.2) is 0 Å². The Morgan fingerprint density at radius 3 is 2.65 bits per heavy atom. The van der Waals surface area contributed by atoms with Crippen molar-refractivity contribution in [3.63, 3.8) is 0 Å². The fraction of sp³-hybridized carbons (Fsp3) is 0.588. The third kappa shape index (κ3) is 6.67. The van der Waals surface area contributed by atoms with Crippen LogP contribution >= 0.6 is 11.6 Å². The Hall–Kier alpha value is -1.46. The lowest BCUT2D eigenvalue weighted by molar-refractivity contribution is 0.0953. The molecule has 0 fully saturated rings. The molecule has 0 aliphatic rings. The number of hydrogen-bond donors (Lipinski definition) is 2. The molecule has 0 spiro atoms. The maximum Gasteiger partial charge on any atom is 0.251 e. The lowest BCUT2D eigenvalue weighted by atomic mass is 10.1. The van der Waals surface area contributed by atoms with E-state index >= 15 is 0 Å². The summed E-state index contributed by atoms with van der Waals surface area (Å²) < 4.78 is 11.0. The molecule has 2 N–H and O–H groups in total. The Kier molecular flexibility index (Phi) is 8.81. The van der Waals surface area contributed by atoms with E-state index in [0.717, 1.165) is 19.4 Å². The first-order valence-electron chi connectivity index (χ1n) is 7.92. The fourth-order valence-corrected chi connectivity index (χ4v) is 2.22. The lowest BCUT2D eigenvalue weighted by Crippen LogP contribution is -2.26. The zero-order valence-corrected chi connectivity index (χ0v) is 15.1. The quantitative estimate of drug-likeness (QED) is 0.641. The predicted molar refractivity (Wildman–Crippen MR) is 93.8 cm³/mol. The number of carbonyl (C=O) groups excluding carboxylic acids is 1. The molecule has 0 unspecified atom stereocenters. The molecular formula is C17H27ClN2O3. The number of rotatable bonds is 10. The molecule has 0 aliphatic carbocycles. The molecule has 0 aromatic heterocycles. The van der Waals surface area contributed by atoms with Crippen molar-refractivity contribution in [2.45, 2.75) is 26.7 Å². The Labute approximate surface area is 143 Å². The largest absolute Gasteiger partial charge is 0.493 e. The standard InChI is InChI=1S/C17H27ClN2O3/c1-12(2)6-9-23-16-14(18)10-13(11-15(16)22-4)17(21)20-8-5-7-19-3/h10-12,19H,5-9H2,1-4H3,(H,20,21). The van der Waals surface area contributed by atoms with Crippen LogP contribution in [0.5, 0.6) is 11.5 Å². The summed E-state index contributed by atoms with van der Waals surface area (Å²) in [6.45, 7) is 6.27. The van der Waals surface area contributed by atoms with Gasteiger partial charge in [0, 0.05) is 12.1 Å². The van der Waals surface area contributed by atoms with Gasteiger partial charge in [0.2, 0.25) is 0 Å². The summed E-state index contributed by atoms with van der Waals surface area (Å²) in [4.78, 5) is 12.2. The number of nitrogens with one attached hydrogen (secondary N) is 2. The van der Waals surface area contributed by atoms with E-state index in [9.17, 15) is 4.79 Å². The van der Waals surface area contributed by atoms with Crippen molar-refractivity contribution >= 4 is 17.5 Å². The molecule has 0 saturated carbocycles. The molecule has 6 heteroatoms. The average Bonchev–Trinajstić information content (AvgIpc) is 2.52. The predicted octanol–water partition coefficient (Wildman–Crippen LogP) is 3.11. The molecule has 130 valence electrons. The number of methoxy groups -OCH3 is 1. The monoisotopic (exact) mass is 342 g/mol. The van der Waals surface area contributed by atoms with Crippen LogP contribution in [0.15, 0.2) is 12.1 Å². The first-order chi connectivity index (χ1) is 11.0. The maximum atomic E-state index is 12.2. The zero-order valence-electron chi connectivity index (χ0n) is 14.4. The van der Waals surface area contributed by atoms with E-state index < -0.39 is 0 Å². The topological polar surface area (TPSA) is 59.6 Å². The van der Waals surface area contributed by atoms with Gasteiger partial charge in [-0.2, -0.15) is 0 Å². The number of halogens is 1. The molecule has 0 heterocycles. The molecular weight excluding hydrogens is 316 g/mol. The van der Waals surface area contributed by atoms with Gasteiger partial charge in [-0.1, -0.05) is 25.4 Å². The SMILES string of the molecule is CNCCCNC(=O)c1cc(Cl)c(OCCC(C)C)c(OC)c1. The van der Waals surface area contributed by atoms with Crippen LogP contribution in [0, 0.1) is 5.92 Å². The highest BCUT2D eigenvalue weighted by molar-refractivity contribution is 6.32. The van der Waals surface area contributed by atoms with Gasteiger partial charge in [-0.05, 0) is 44.5 Å². The molecule has 23 heavy (non-hydrogen) atoms. The Bertz CT molecular complexity index is 507. The van der Waals surface area contributed by atoms with Crippen LogP contribution in [-0.2, 0) is 0 Å². The van der Waals surface area contributed by atoms with Gasteiger partial charge in [0.05, 0.1) is 18.7 Å². The van der Waals surface area contributed by atoms with E-state index in [1.165, 1.54) is 7.11 Å². The molecule has 0 bridgehead atoms. The van der Waals surface area contributed by atoms with Gasteiger partial charge in [0.1, 0.15) is 0 Å². The van der Waals surface area contributed by atoms with Crippen molar-refractivity contribution in [3.05, 3.63) is 22.7 Å². The van der Waals surface area contributed by atoms with Gasteiger partial charge in [0.25, 0.3) is 5.91 Å². The van der Waals surface area contributed by atoms with Crippen LogP contribution in [-0.4, -0.2) is 39.8 Å². The first-order valence-corrected chi connectivity index (χ1v) is 8.30. The molecule has 0 saturated heterocycles. The maximum absolute atomic E-state index is 12.2. The van der Waals surface area contributed by atoms with E-state index in [4.69, 9.17) is 21.1 Å². The van der Waals surface area contributed by atoms with Gasteiger partial charge >= 0.3 is 0 Å². The molecule has 0 aliphatic heterocycles. The van der Waals surface area contributed by atoms with Crippen molar-refractivity contribution in [3.8, 4) is 11.5 Å². The highest BCUT2D eigenvalue weighted by atomic mass is 35.5. The second kappa shape index (κ2) is 10.3. The van der Waals surface area contributed by atoms with Crippen molar-refractivity contribution in [1.82, 2.24) is 10.6 Å². The summed E-state index contributed by atoms with van der Waals surface area (Å²) in [5.41, 5.74) is 0.465. The van der Waals surface area contributed by atoms with E-state index in [0.29, 0.717) is 41.2 Å². The number of ether oxygens (including phenoxy) is 2. The van der Waals surface area contributed by atoms with Crippen molar-refractivity contribution < 1.29 is 14.3 Å².